The standard InChI is InChI=1S/C15H26N2O2/c1-12(2)17(13(3)4)9-10-19-15-8-6-7-14(11-15)16-18-5/h6-8,11-13,16H,9-10H2,1-5H3. The molecule has 0 saturated carbocycles. The van der Waals surface area contributed by atoms with E-state index in [4.69, 9.17) is 9.57 Å². The van der Waals surface area contributed by atoms with Crippen molar-refractivity contribution in [3.05, 3.63) is 24.3 Å². The molecule has 0 spiro atoms. The Morgan fingerprint density at radius 2 is 1.84 bits per heavy atom. The molecule has 0 radical (unpaired) electrons. The third-order valence-electron chi connectivity index (χ3n) is 3.00. The minimum Gasteiger partial charge on any atom is -0.492 e. The highest BCUT2D eigenvalue weighted by atomic mass is 16.6. The second kappa shape index (κ2) is 8.02. The Hall–Kier alpha value is -1.26. The van der Waals surface area contributed by atoms with Crippen LogP contribution in [-0.2, 0) is 4.84 Å². The second-order valence-corrected chi connectivity index (χ2v) is 5.11. The number of anilines is 1. The van der Waals surface area contributed by atoms with E-state index in [9.17, 15) is 0 Å². The highest BCUT2D eigenvalue weighted by Crippen LogP contribution is 2.17. The number of nitrogens with zero attached hydrogens (tertiary/aromatic N) is 1. The summed E-state index contributed by atoms with van der Waals surface area (Å²) in [5.41, 5.74) is 3.69. The van der Waals surface area contributed by atoms with E-state index in [0.717, 1.165) is 18.0 Å². The molecule has 0 heterocycles. The lowest BCUT2D eigenvalue weighted by molar-refractivity contribution is 0.142. The average molecular weight is 266 g/mol. The van der Waals surface area contributed by atoms with E-state index < -0.39 is 0 Å². The maximum absolute atomic E-state index is 5.79. The average Bonchev–Trinajstić information content (AvgIpc) is 2.34. The van der Waals surface area contributed by atoms with Crippen LogP contribution in [0.3, 0.4) is 0 Å². The van der Waals surface area contributed by atoms with E-state index in [0.29, 0.717) is 18.7 Å². The second-order valence-electron chi connectivity index (χ2n) is 5.11. The molecular weight excluding hydrogens is 240 g/mol. The third kappa shape index (κ3) is 5.49. The molecule has 0 aliphatic carbocycles. The lowest BCUT2D eigenvalue weighted by Crippen LogP contribution is -2.39. The molecule has 1 rings (SSSR count). The van der Waals surface area contributed by atoms with Crippen molar-refractivity contribution < 1.29 is 9.57 Å². The zero-order chi connectivity index (χ0) is 14.3. The quantitative estimate of drug-likeness (QED) is 0.733. The van der Waals surface area contributed by atoms with Gasteiger partial charge in [-0.25, -0.2) is 0 Å². The molecule has 0 unspecified atom stereocenters. The molecule has 1 N–H and O–H groups in total. The van der Waals surface area contributed by atoms with Gasteiger partial charge < -0.3 is 4.74 Å². The summed E-state index contributed by atoms with van der Waals surface area (Å²) in [4.78, 5) is 7.29. The Kier molecular flexibility index (Phi) is 6.67. The van der Waals surface area contributed by atoms with Crippen molar-refractivity contribution >= 4 is 5.69 Å². The lowest BCUT2D eigenvalue weighted by Gasteiger charge is -2.30. The van der Waals surface area contributed by atoms with Gasteiger partial charge in [0.1, 0.15) is 12.4 Å². The van der Waals surface area contributed by atoms with Gasteiger partial charge in [-0.1, -0.05) is 6.07 Å². The minimum atomic E-state index is 0.532. The summed E-state index contributed by atoms with van der Waals surface area (Å²) < 4.78 is 5.79. The molecule has 1 aromatic carbocycles. The van der Waals surface area contributed by atoms with Gasteiger partial charge in [0.25, 0.3) is 0 Å². The molecule has 0 bridgehead atoms. The van der Waals surface area contributed by atoms with Gasteiger partial charge in [-0.2, -0.15) is 0 Å². The lowest BCUT2D eigenvalue weighted by atomic mass is 10.2. The zero-order valence-electron chi connectivity index (χ0n) is 12.6. The molecular formula is C15H26N2O2. The summed E-state index contributed by atoms with van der Waals surface area (Å²) in [6.07, 6.45) is 0. The van der Waals surface area contributed by atoms with Crippen LogP contribution in [0.4, 0.5) is 5.69 Å². The highest BCUT2D eigenvalue weighted by molar-refractivity contribution is 5.46. The van der Waals surface area contributed by atoms with Crippen LogP contribution in [0.2, 0.25) is 0 Å². The Morgan fingerprint density at radius 3 is 2.42 bits per heavy atom. The normalized spacial score (nSPS) is 11.4. The van der Waals surface area contributed by atoms with Gasteiger partial charge in [0.2, 0.25) is 0 Å². The molecule has 108 valence electrons. The first-order valence-electron chi connectivity index (χ1n) is 6.82. The van der Waals surface area contributed by atoms with E-state index >= 15 is 0 Å². The van der Waals surface area contributed by atoms with Crippen LogP contribution in [0.1, 0.15) is 27.7 Å². The van der Waals surface area contributed by atoms with Crippen molar-refractivity contribution in [3.63, 3.8) is 0 Å². The Labute approximate surface area is 116 Å². The zero-order valence-corrected chi connectivity index (χ0v) is 12.6. The summed E-state index contributed by atoms with van der Waals surface area (Å²) >= 11 is 0. The van der Waals surface area contributed by atoms with E-state index in [1.165, 1.54) is 0 Å². The molecule has 0 aliphatic rings. The molecule has 0 saturated heterocycles. The summed E-state index contributed by atoms with van der Waals surface area (Å²) in [5, 5.41) is 0. The summed E-state index contributed by atoms with van der Waals surface area (Å²) in [6, 6.07) is 8.83. The highest BCUT2D eigenvalue weighted by Gasteiger charge is 2.12. The van der Waals surface area contributed by atoms with Gasteiger partial charge in [-0.3, -0.25) is 15.2 Å². The van der Waals surface area contributed by atoms with Crippen LogP contribution < -0.4 is 10.2 Å². The molecule has 0 fully saturated rings. The first kappa shape index (κ1) is 15.8. The monoisotopic (exact) mass is 266 g/mol. The minimum absolute atomic E-state index is 0.532. The maximum atomic E-state index is 5.79. The van der Waals surface area contributed by atoms with Gasteiger partial charge in [0.15, 0.2) is 0 Å². The van der Waals surface area contributed by atoms with E-state index in [-0.39, 0.29) is 0 Å². The number of rotatable bonds is 8. The maximum Gasteiger partial charge on any atom is 0.121 e. The van der Waals surface area contributed by atoms with Crippen molar-refractivity contribution in [2.24, 2.45) is 0 Å². The van der Waals surface area contributed by atoms with E-state index in [2.05, 4.69) is 38.1 Å². The molecule has 0 atom stereocenters. The van der Waals surface area contributed by atoms with E-state index in [1.807, 2.05) is 24.3 Å². The Morgan fingerprint density at radius 1 is 1.16 bits per heavy atom. The van der Waals surface area contributed by atoms with Gasteiger partial charge in [-0.05, 0) is 39.8 Å². The van der Waals surface area contributed by atoms with Crippen LogP contribution in [0.15, 0.2) is 24.3 Å². The summed E-state index contributed by atoms with van der Waals surface area (Å²) in [7, 11) is 1.59. The number of hydrogen-bond donors (Lipinski definition) is 1. The largest absolute Gasteiger partial charge is 0.492 e. The van der Waals surface area contributed by atoms with Gasteiger partial charge in [0.05, 0.1) is 12.8 Å². The Bertz CT molecular complexity index is 359. The molecule has 0 aliphatic heterocycles. The van der Waals surface area contributed by atoms with Crippen LogP contribution in [0, 0.1) is 0 Å². The van der Waals surface area contributed by atoms with Crippen molar-refractivity contribution in [2.45, 2.75) is 39.8 Å². The van der Waals surface area contributed by atoms with Gasteiger partial charge in [-0.15, -0.1) is 0 Å². The topological polar surface area (TPSA) is 33.7 Å². The smallest absolute Gasteiger partial charge is 0.121 e. The van der Waals surface area contributed by atoms with Crippen molar-refractivity contribution in [3.8, 4) is 5.75 Å². The molecule has 1 aromatic rings. The molecule has 4 heteroatoms. The summed E-state index contributed by atoms with van der Waals surface area (Å²) in [5.74, 6) is 0.856. The number of ether oxygens (including phenoxy) is 1. The van der Waals surface area contributed by atoms with Gasteiger partial charge >= 0.3 is 0 Å². The predicted octanol–water partition coefficient (Wildman–Crippen LogP) is 3.16. The fraction of sp³-hybridized carbons (Fsp3) is 0.600. The molecule has 19 heavy (non-hydrogen) atoms. The third-order valence-corrected chi connectivity index (χ3v) is 3.00. The first-order chi connectivity index (χ1) is 9.04. The Balaban J connectivity index is 2.45. The fourth-order valence-electron chi connectivity index (χ4n) is 2.15. The SMILES string of the molecule is CONc1cccc(OCCN(C(C)C)C(C)C)c1. The van der Waals surface area contributed by atoms with Crippen LogP contribution in [-0.4, -0.2) is 37.2 Å². The molecule has 0 aromatic heterocycles. The number of hydrogen-bond acceptors (Lipinski definition) is 4. The van der Waals surface area contributed by atoms with Crippen LogP contribution in [0.5, 0.6) is 5.75 Å². The molecule has 0 amide bonds. The van der Waals surface area contributed by atoms with Crippen molar-refractivity contribution in [2.75, 3.05) is 25.7 Å². The van der Waals surface area contributed by atoms with Crippen molar-refractivity contribution in [1.29, 1.82) is 0 Å². The predicted molar refractivity (Wildman–Crippen MR) is 79.5 cm³/mol. The molecule has 4 nitrogen and oxygen atoms in total. The van der Waals surface area contributed by atoms with Crippen molar-refractivity contribution in [1.82, 2.24) is 4.90 Å². The first-order valence-corrected chi connectivity index (χ1v) is 6.82. The summed E-state index contributed by atoms with van der Waals surface area (Å²) in [6.45, 7) is 10.5. The van der Waals surface area contributed by atoms with Crippen LogP contribution >= 0.6 is 0 Å². The number of benzene rings is 1. The number of nitrogens with one attached hydrogen (secondary N) is 1. The fourth-order valence-corrected chi connectivity index (χ4v) is 2.15. The van der Waals surface area contributed by atoms with E-state index in [1.54, 1.807) is 7.11 Å². The van der Waals surface area contributed by atoms with Gasteiger partial charge in [0, 0.05) is 24.7 Å². The van der Waals surface area contributed by atoms with Crippen LogP contribution in [0.25, 0.3) is 0 Å².